The Bertz CT molecular complexity index is 712. The molecule has 1 heterocycles. The number of hydrogen-bond donors (Lipinski definition) is 2. The van der Waals surface area contributed by atoms with Gasteiger partial charge in [0.25, 0.3) is 0 Å². The van der Waals surface area contributed by atoms with Crippen molar-refractivity contribution >= 4 is 24.0 Å². The summed E-state index contributed by atoms with van der Waals surface area (Å²) in [5.41, 5.74) is 7.63. The number of amides is 1. The van der Waals surface area contributed by atoms with Crippen molar-refractivity contribution in [1.29, 1.82) is 0 Å². The lowest BCUT2D eigenvalue weighted by Gasteiger charge is -2.21. The van der Waals surface area contributed by atoms with Crippen LogP contribution >= 0.6 is 12.4 Å². The molecule has 0 saturated carbocycles. The number of carbonyl (C=O) groups excluding carboxylic acids is 1. The van der Waals surface area contributed by atoms with Gasteiger partial charge in [-0.05, 0) is 24.1 Å². The summed E-state index contributed by atoms with van der Waals surface area (Å²) in [6, 6.07) is 15.6. The van der Waals surface area contributed by atoms with Crippen LogP contribution in [0.2, 0.25) is 0 Å². The molecule has 7 heteroatoms. The molecule has 1 aliphatic heterocycles. The Hall–Kier alpha value is -2.28. The molecule has 2 aromatic rings. The third-order valence-corrected chi connectivity index (χ3v) is 4.03. The van der Waals surface area contributed by atoms with Crippen molar-refractivity contribution in [2.24, 2.45) is 5.73 Å². The molecule has 1 aliphatic rings. The summed E-state index contributed by atoms with van der Waals surface area (Å²) < 4.78 is 10.6. The monoisotopic (exact) mass is 377 g/mol. The molecule has 1 amide bonds. The molecule has 0 atom stereocenters. The summed E-state index contributed by atoms with van der Waals surface area (Å²) >= 11 is 0. The van der Waals surface area contributed by atoms with Crippen LogP contribution in [-0.4, -0.2) is 43.8 Å². The van der Waals surface area contributed by atoms with Crippen LogP contribution in [0, 0.1) is 0 Å². The highest BCUT2D eigenvalue weighted by molar-refractivity contribution is 5.92. The normalized spacial score (nSPS) is 11.9. The molecule has 3 N–H and O–H groups in total. The first kappa shape index (κ1) is 20.0. The number of carbonyl (C=O) groups is 1. The van der Waals surface area contributed by atoms with Crippen LogP contribution in [0.5, 0.6) is 11.5 Å². The van der Waals surface area contributed by atoms with Crippen LogP contribution < -0.4 is 20.5 Å². The molecule has 0 radical (unpaired) electrons. The largest absolute Gasteiger partial charge is 0.454 e. The van der Waals surface area contributed by atoms with E-state index in [1.54, 1.807) is 12.1 Å². The Morgan fingerprint density at radius 3 is 2.62 bits per heavy atom. The second-order valence-electron chi connectivity index (χ2n) is 5.92. The van der Waals surface area contributed by atoms with Crippen LogP contribution in [0.4, 0.5) is 5.69 Å². The van der Waals surface area contributed by atoms with Crippen molar-refractivity contribution in [2.75, 3.05) is 38.3 Å². The van der Waals surface area contributed by atoms with Gasteiger partial charge in [-0.25, -0.2) is 0 Å². The third kappa shape index (κ3) is 5.62. The van der Waals surface area contributed by atoms with E-state index in [-0.39, 0.29) is 25.1 Å². The summed E-state index contributed by atoms with van der Waals surface area (Å²) in [5.74, 6) is 1.28. The summed E-state index contributed by atoms with van der Waals surface area (Å²) in [6.07, 6.45) is 0.887. The summed E-state index contributed by atoms with van der Waals surface area (Å²) in [7, 11) is 0. The van der Waals surface area contributed by atoms with Gasteiger partial charge in [0.1, 0.15) is 0 Å². The Morgan fingerprint density at radius 1 is 1.08 bits per heavy atom. The van der Waals surface area contributed by atoms with Crippen LogP contribution in [0.15, 0.2) is 48.5 Å². The van der Waals surface area contributed by atoms with Crippen molar-refractivity contribution in [3.63, 3.8) is 0 Å². The number of rotatable bonds is 8. The number of fused-ring (bicyclic) bond motifs is 1. The highest BCUT2D eigenvalue weighted by Gasteiger charge is 2.15. The lowest BCUT2D eigenvalue weighted by atomic mass is 10.1. The minimum atomic E-state index is -0.0691. The van der Waals surface area contributed by atoms with Gasteiger partial charge in [-0.2, -0.15) is 0 Å². The van der Waals surface area contributed by atoms with Gasteiger partial charge >= 0.3 is 0 Å². The predicted octanol–water partition coefficient (Wildman–Crippen LogP) is 2.28. The minimum absolute atomic E-state index is 0. The van der Waals surface area contributed by atoms with E-state index in [1.807, 2.05) is 24.3 Å². The Morgan fingerprint density at radius 2 is 1.85 bits per heavy atom. The molecule has 0 saturated heterocycles. The van der Waals surface area contributed by atoms with Crippen LogP contribution in [-0.2, 0) is 11.2 Å². The SMILES string of the molecule is Cl.NCCN(CCc1ccccc1)CC(=O)Nc1ccc2c(c1)OCO2. The molecule has 2 aromatic carbocycles. The maximum Gasteiger partial charge on any atom is 0.238 e. The fourth-order valence-electron chi connectivity index (χ4n) is 2.76. The molecular formula is C19H24ClN3O3. The number of hydrogen-bond acceptors (Lipinski definition) is 5. The molecule has 0 unspecified atom stereocenters. The zero-order valence-corrected chi connectivity index (χ0v) is 15.3. The molecule has 3 rings (SSSR count). The fourth-order valence-corrected chi connectivity index (χ4v) is 2.76. The number of ether oxygens (including phenoxy) is 2. The highest BCUT2D eigenvalue weighted by atomic mass is 35.5. The smallest absolute Gasteiger partial charge is 0.238 e. The minimum Gasteiger partial charge on any atom is -0.454 e. The Labute approximate surface area is 159 Å². The number of benzene rings is 2. The average molecular weight is 378 g/mol. The molecule has 6 nitrogen and oxygen atoms in total. The fraction of sp³-hybridized carbons (Fsp3) is 0.316. The van der Waals surface area contributed by atoms with Gasteiger partial charge in [-0.15, -0.1) is 12.4 Å². The van der Waals surface area contributed by atoms with Crippen LogP contribution in [0.1, 0.15) is 5.56 Å². The lowest BCUT2D eigenvalue weighted by molar-refractivity contribution is -0.117. The van der Waals surface area contributed by atoms with E-state index in [0.717, 1.165) is 13.0 Å². The third-order valence-electron chi connectivity index (χ3n) is 4.03. The molecule has 0 aromatic heterocycles. The number of halogens is 1. The van der Waals surface area contributed by atoms with E-state index < -0.39 is 0 Å². The number of nitrogens with zero attached hydrogens (tertiary/aromatic N) is 1. The summed E-state index contributed by atoms with van der Waals surface area (Å²) in [5, 5.41) is 2.90. The van der Waals surface area contributed by atoms with E-state index in [0.29, 0.717) is 36.8 Å². The van der Waals surface area contributed by atoms with E-state index in [4.69, 9.17) is 15.2 Å². The van der Waals surface area contributed by atoms with Gasteiger partial charge in [0.15, 0.2) is 11.5 Å². The lowest BCUT2D eigenvalue weighted by Crippen LogP contribution is -2.37. The molecule has 0 bridgehead atoms. The molecule has 26 heavy (non-hydrogen) atoms. The van der Waals surface area contributed by atoms with Gasteiger partial charge in [-0.3, -0.25) is 9.69 Å². The van der Waals surface area contributed by atoms with E-state index >= 15 is 0 Å². The van der Waals surface area contributed by atoms with Crippen LogP contribution in [0.25, 0.3) is 0 Å². The average Bonchev–Trinajstić information content (AvgIpc) is 3.08. The van der Waals surface area contributed by atoms with Crippen molar-refractivity contribution in [3.05, 3.63) is 54.1 Å². The first-order valence-corrected chi connectivity index (χ1v) is 8.40. The van der Waals surface area contributed by atoms with Crippen molar-refractivity contribution in [1.82, 2.24) is 4.90 Å². The first-order chi connectivity index (χ1) is 12.2. The van der Waals surface area contributed by atoms with Gasteiger partial charge in [0, 0.05) is 31.4 Å². The van der Waals surface area contributed by atoms with Crippen molar-refractivity contribution < 1.29 is 14.3 Å². The molecule has 0 fully saturated rings. The van der Waals surface area contributed by atoms with Crippen LogP contribution in [0.3, 0.4) is 0 Å². The Kier molecular flexibility index (Phi) is 7.72. The molecule has 140 valence electrons. The highest BCUT2D eigenvalue weighted by Crippen LogP contribution is 2.34. The maximum atomic E-state index is 12.3. The quantitative estimate of drug-likeness (QED) is 0.738. The zero-order valence-electron chi connectivity index (χ0n) is 14.5. The number of anilines is 1. The van der Waals surface area contributed by atoms with Gasteiger partial charge in [0.2, 0.25) is 12.7 Å². The second kappa shape index (κ2) is 10.0. The number of nitrogens with one attached hydrogen (secondary N) is 1. The van der Waals surface area contributed by atoms with Gasteiger partial charge in [0.05, 0.1) is 6.54 Å². The van der Waals surface area contributed by atoms with Crippen molar-refractivity contribution in [3.8, 4) is 11.5 Å². The molecule has 0 spiro atoms. The second-order valence-corrected chi connectivity index (χ2v) is 5.92. The number of nitrogens with two attached hydrogens (primary N) is 1. The standard InChI is InChI=1S/C19H23N3O3.ClH/c20-9-11-22(10-8-15-4-2-1-3-5-15)13-19(23)21-16-6-7-17-18(12-16)25-14-24-17;/h1-7,12H,8-11,13-14,20H2,(H,21,23);1H. The zero-order chi connectivity index (χ0) is 17.5. The van der Waals surface area contributed by atoms with Gasteiger partial charge < -0.3 is 20.5 Å². The topological polar surface area (TPSA) is 76.8 Å². The van der Waals surface area contributed by atoms with Crippen molar-refractivity contribution in [2.45, 2.75) is 6.42 Å². The summed E-state index contributed by atoms with van der Waals surface area (Å²) in [6.45, 7) is 2.51. The predicted molar refractivity (Wildman–Crippen MR) is 104 cm³/mol. The molecule has 0 aliphatic carbocycles. The first-order valence-electron chi connectivity index (χ1n) is 8.40. The van der Waals surface area contributed by atoms with E-state index in [9.17, 15) is 4.79 Å². The van der Waals surface area contributed by atoms with E-state index in [1.165, 1.54) is 5.56 Å². The molecular weight excluding hydrogens is 354 g/mol. The Balaban J connectivity index is 0.00000243. The maximum absolute atomic E-state index is 12.3. The van der Waals surface area contributed by atoms with Gasteiger partial charge in [-0.1, -0.05) is 30.3 Å². The summed E-state index contributed by atoms with van der Waals surface area (Å²) in [4.78, 5) is 14.4. The van der Waals surface area contributed by atoms with E-state index in [2.05, 4.69) is 22.3 Å².